The van der Waals surface area contributed by atoms with Crippen molar-refractivity contribution in [2.45, 2.75) is 26.9 Å². The van der Waals surface area contributed by atoms with Gasteiger partial charge in [-0.2, -0.15) is 0 Å². The zero-order chi connectivity index (χ0) is 19.7. The number of hydrazone groups is 1. The fourth-order valence-corrected chi connectivity index (χ4v) is 3.98. The van der Waals surface area contributed by atoms with Crippen molar-refractivity contribution < 1.29 is 9.53 Å². The van der Waals surface area contributed by atoms with Crippen LogP contribution in [0.15, 0.2) is 52.6 Å². The summed E-state index contributed by atoms with van der Waals surface area (Å²) < 4.78 is 5.66. The molecule has 6 nitrogen and oxygen atoms in total. The molecule has 0 radical (unpaired) electrons. The highest BCUT2D eigenvalue weighted by molar-refractivity contribution is 8.13. The summed E-state index contributed by atoms with van der Waals surface area (Å²) in [6, 6.07) is 13.7. The minimum absolute atomic E-state index is 0.152. The second-order valence-corrected chi connectivity index (χ2v) is 7.72. The number of benzene rings is 2. The van der Waals surface area contributed by atoms with E-state index >= 15 is 0 Å². The number of carbonyl (C=O) groups excluding carboxylic acids is 1. The van der Waals surface area contributed by atoms with E-state index < -0.39 is 6.17 Å². The van der Waals surface area contributed by atoms with Crippen LogP contribution < -0.4 is 20.6 Å². The van der Waals surface area contributed by atoms with E-state index in [0.29, 0.717) is 17.5 Å². The molecule has 0 saturated carbocycles. The number of hydrogen-bond donors (Lipinski definition) is 1. The van der Waals surface area contributed by atoms with Crippen molar-refractivity contribution in [2.75, 3.05) is 12.4 Å². The first-order valence-electron chi connectivity index (χ1n) is 9.35. The van der Waals surface area contributed by atoms with E-state index in [0.717, 1.165) is 33.2 Å². The zero-order valence-electron chi connectivity index (χ0n) is 16.1. The van der Waals surface area contributed by atoms with Gasteiger partial charge in [0.05, 0.1) is 12.0 Å². The lowest BCUT2D eigenvalue weighted by Gasteiger charge is -2.34. The molecular weight excluding hydrogens is 372 g/mol. The molecule has 1 atom stereocenters. The van der Waals surface area contributed by atoms with Crippen LogP contribution in [-0.4, -0.2) is 28.4 Å². The van der Waals surface area contributed by atoms with Gasteiger partial charge in [-0.3, -0.25) is 15.1 Å². The summed E-state index contributed by atoms with van der Waals surface area (Å²) in [6.07, 6.45) is -0.405. The molecule has 2 aliphatic rings. The normalized spacial score (nSPS) is 17.9. The standard InChI is InChI=1S/C21H22N4O2S/c1-4-27-17-11-10-14(12-13(17)3)19-22-16-9-7-6-8-15(16)18-20(26)23-21(28-5-2)24-25(18)19/h6-12,19H,4-5H2,1-3H3,(H,23,24,26)/t19-/m1/s1. The van der Waals surface area contributed by atoms with Crippen molar-refractivity contribution in [3.05, 3.63) is 64.2 Å². The molecule has 28 heavy (non-hydrogen) atoms. The van der Waals surface area contributed by atoms with Gasteiger partial charge < -0.3 is 4.74 Å². The number of thioether (sulfide) groups is 1. The first kappa shape index (κ1) is 18.6. The van der Waals surface area contributed by atoms with Gasteiger partial charge in [0.1, 0.15) is 11.4 Å². The van der Waals surface area contributed by atoms with Gasteiger partial charge >= 0.3 is 0 Å². The predicted molar refractivity (Wildman–Crippen MR) is 111 cm³/mol. The summed E-state index contributed by atoms with van der Waals surface area (Å²) in [5.74, 6) is 1.53. The quantitative estimate of drug-likeness (QED) is 0.864. The number of carbonyl (C=O) groups is 1. The summed E-state index contributed by atoms with van der Waals surface area (Å²) in [6.45, 7) is 6.63. The summed E-state index contributed by atoms with van der Waals surface area (Å²) in [5, 5.41) is 11.5. The number of nitrogens with one attached hydrogen (secondary N) is 1. The Labute approximate surface area is 168 Å². The molecule has 0 bridgehead atoms. The van der Waals surface area contributed by atoms with Crippen LogP contribution in [0.25, 0.3) is 5.70 Å². The van der Waals surface area contributed by atoms with Crippen LogP contribution in [0.2, 0.25) is 0 Å². The fourth-order valence-electron chi connectivity index (χ4n) is 3.40. The van der Waals surface area contributed by atoms with Crippen molar-refractivity contribution in [1.29, 1.82) is 0 Å². The summed E-state index contributed by atoms with van der Waals surface area (Å²) in [7, 11) is 0. The Morgan fingerprint density at radius 2 is 2.04 bits per heavy atom. The average Bonchev–Trinajstić information content (AvgIpc) is 2.69. The van der Waals surface area contributed by atoms with Gasteiger partial charge in [-0.1, -0.05) is 43.0 Å². The number of amidine groups is 1. The molecule has 0 aliphatic carbocycles. The average molecular weight is 395 g/mol. The van der Waals surface area contributed by atoms with Gasteiger partial charge in [0.25, 0.3) is 5.91 Å². The molecular formula is C21H22N4O2S. The molecule has 0 aromatic heterocycles. The Kier molecular flexibility index (Phi) is 5.09. The van der Waals surface area contributed by atoms with E-state index in [1.807, 2.05) is 57.2 Å². The number of fused-ring (bicyclic) bond motifs is 2. The van der Waals surface area contributed by atoms with Crippen LogP contribution in [0, 0.1) is 6.92 Å². The molecule has 0 fully saturated rings. The lowest BCUT2D eigenvalue weighted by Crippen LogP contribution is -2.50. The summed E-state index contributed by atoms with van der Waals surface area (Å²) in [5.41, 5.74) is 2.53. The minimum Gasteiger partial charge on any atom is -0.494 e. The van der Waals surface area contributed by atoms with Crippen molar-refractivity contribution in [1.82, 2.24) is 10.3 Å². The Morgan fingerprint density at radius 3 is 2.79 bits per heavy atom. The Hall–Kier alpha value is -2.80. The van der Waals surface area contributed by atoms with E-state index in [2.05, 4.69) is 11.4 Å². The van der Waals surface area contributed by atoms with Gasteiger partial charge in [-0.05, 0) is 48.9 Å². The molecule has 2 aromatic rings. The maximum atomic E-state index is 12.9. The number of rotatable bonds is 4. The first-order valence-corrected chi connectivity index (χ1v) is 10.3. The molecule has 1 amide bonds. The predicted octanol–water partition coefficient (Wildman–Crippen LogP) is 2.29. The summed E-state index contributed by atoms with van der Waals surface area (Å²) in [4.78, 5) is 17.8. The van der Waals surface area contributed by atoms with Gasteiger partial charge in [-0.15, -0.1) is 5.10 Å². The second-order valence-electron chi connectivity index (χ2n) is 6.46. The van der Waals surface area contributed by atoms with Crippen molar-refractivity contribution in [3.8, 4) is 5.75 Å². The van der Waals surface area contributed by atoms with E-state index in [9.17, 15) is 4.79 Å². The monoisotopic (exact) mass is 394 g/mol. The highest BCUT2D eigenvalue weighted by Gasteiger charge is 2.34. The molecule has 2 heterocycles. The molecule has 1 N–H and O–H groups in total. The van der Waals surface area contributed by atoms with Crippen LogP contribution in [0.3, 0.4) is 0 Å². The molecule has 2 aliphatic heterocycles. The number of nitrogens with zero attached hydrogens (tertiary/aromatic N) is 3. The van der Waals surface area contributed by atoms with Crippen LogP contribution in [0.5, 0.6) is 5.75 Å². The second kappa shape index (κ2) is 7.67. The number of ether oxygens (including phenoxy) is 1. The van der Waals surface area contributed by atoms with E-state index in [-0.39, 0.29) is 5.91 Å². The van der Waals surface area contributed by atoms with Crippen molar-refractivity contribution in [2.24, 2.45) is 10.1 Å². The maximum Gasteiger partial charge on any atom is 0.276 e. The SMILES string of the molecule is CCOc1ccc([C@@H]2N=c3ccccc3=C3C(=O)NC(SCC)=NN32)cc1C. The highest BCUT2D eigenvalue weighted by atomic mass is 32.2. The number of amides is 1. The number of para-hydroxylation sites is 1. The topological polar surface area (TPSA) is 66.3 Å². The van der Waals surface area contributed by atoms with Crippen LogP contribution in [0.1, 0.15) is 31.1 Å². The fraction of sp³-hybridized carbons (Fsp3) is 0.286. The maximum absolute atomic E-state index is 12.9. The number of hydrogen-bond acceptors (Lipinski definition) is 6. The Balaban J connectivity index is 1.88. The number of aryl methyl sites for hydroxylation is 1. The van der Waals surface area contributed by atoms with Crippen molar-refractivity contribution >= 4 is 28.5 Å². The molecule has 144 valence electrons. The molecule has 0 unspecified atom stereocenters. The third kappa shape index (κ3) is 3.26. The van der Waals surface area contributed by atoms with Gasteiger partial charge in [0, 0.05) is 5.22 Å². The van der Waals surface area contributed by atoms with Gasteiger partial charge in [-0.25, -0.2) is 5.01 Å². The van der Waals surface area contributed by atoms with Gasteiger partial charge in [0.15, 0.2) is 11.3 Å². The van der Waals surface area contributed by atoms with Crippen LogP contribution in [0.4, 0.5) is 0 Å². The first-order chi connectivity index (χ1) is 13.6. The van der Waals surface area contributed by atoms with E-state index in [4.69, 9.17) is 14.8 Å². The smallest absolute Gasteiger partial charge is 0.276 e. The van der Waals surface area contributed by atoms with Crippen LogP contribution in [-0.2, 0) is 4.79 Å². The summed E-state index contributed by atoms with van der Waals surface area (Å²) >= 11 is 1.50. The Morgan fingerprint density at radius 1 is 1.21 bits per heavy atom. The largest absolute Gasteiger partial charge is 0.494 e. The zero-order valence-corrected chi connectivity index (χ0v) is 16.9. The molecule has 4 rings (SSSR count). The molecule has 0 saturated heterocycles. The third-order valence-corrected chi connectivity index (χ3v) is 5.34. The Bertz CT molecular complexity index is 1080. The highest BCUT2D eigenvalue weighted by Crippen LogP contribution is 2.32. The van der Waals surface area contributed by atoms with E-state index in [1.54, 1.807) is 5.01 Å². The molecule has 7 heteroatoms. The third-order valence-electron chi connectivity index (χ3n) is 4.59. The van der Waals surface area contributed by atoms with E-state index in [1.165, 1.54) is 11.8 Å². The lowest BCUT2D eigenvalue weighted by molar-refractivity contribution is -0.116. The molecule has 0 spiro atoms. The van der Waals surface area contributed by atoms with Crippen LogP contribution >= 0.6 is 11.8 Å². The lowest BCUT2D eigenvalue weighted by atomic mass is 10.1. The molecule has 2 aromatic carbocycles. The van der Waals surface area contributed by atoms with Crippen molar-refractivity contribution in [3.63, 3.8) is 0 Å². The van der Waals surface area contributed by atoms with Gasteiger partial charge in [0.2, 0.25) is 0 Å². The minimum atomic E-state index is -0.405.